The van der Waals surface area contributed by atoms with Gasteiger partial charge in [-0.15, -0.1) is 0 Å². The van der Waals surface area contributed by atoms with Gasteiger partial charge in [0.15, 0.2) is 0 Å². The van der Waals surface area contributed by atoms with E-state index in [1.807, 2.05) is 13.1 Å². The Bertz CT molecular complexity index is 276. The van der Waals surface area contributed by atoms with Crippen LogP contribution in [-0.4, -0.2) is 25.3 Å². The highest BCUT2D eigenvalue weighted by Gasteiger charge is 1.94. The van der Waals surface area contributed by atoms with Gasteiger partial charge in [0, 0.05) is 6.07 Å². The predicted octanol–water partition coefficient (Wildman–Crippen LogP) is 2.16. The van der Waals surface area contributed by atoms with Gasteiger partial charge in [-0.2, -0.15) is 0 Å². The van der Waals surface area contributed by atoms with Crippen LogP contribution in [0.25, 0.3) is 0 Å². The Labute approximate surface area is 91.1 Å². The van der Waals surface area contributed by atoms with E-state index in [0.717, 1.165) is 18.7 Å². The van der Waals surface area contributed by atoms with Crippen LogP contribution in [0.2, 0.25) is 0 Å². The fourth-order valence-electron chi connectivity index (χ4n) is 1.34. The largest absolute Gasteiger partial charge is 0.508 e. The molecule has 0 aliphatic rings. The zero-order chi connectivity index (χ0) is 10.9. The fraction of sp³-hybridized carbons (Fsp3) is 0.500. The van der Waals surface area contributed by atoms with Crippen molar-refractivity contribution < 1.29 is 9.84 Å². The number of unbranched alkanes of at least 4 members (excludes halogenated alkanes) is 2. The molecule has 3 heteroatoms. The second-order valence-corrected chi connectivity index (χ2v) is 3.51. The van der Waals surface area contributed by atoms with E-state index in [1.54, 1.807) is 18.2 Å². The SMILES string of the molecule is CNCCCCCOc1cccc(O)c1. The molecule has 0 heterocycles. The van der Waals surface area contributed by atoms with Gasteiger partial charge in [0.1, 0.15) is 11.5 Å². The van der Waals surface area contributed by atoms with Crippen LogP contribution in [0.5, 0.6) is 11.5 Å². The molecule has 2 N–H and O–H groups in total. The molecule has 0 saturated heterocycles. The highest BCUT2D eigenvalue weighted by molar-refractivity contribution is 5.31. The number of ether oxygens (including phenoxy) is 1. The number of phenolic OH excluding ortho intramolecular Hbond substituents is 1. The highest BCUT2D eigenvalue weighted by Crippen LogP contribution is 2.17. The molecule has 1 aromatic rings. The van der Waals surface area contributed by atoms with Crippen LogP contribution in [0.15, 0.2) is 24.3 Å². The summed E-state index contributed by atoms with van der Waals surface area (Å²) in [4.78, 5) is 0. The van der Waals surface area contributed by atoms with Crippen LogP contribution in [0.3, 0.4) is 0 Å². The zero-order valence-corrected chi connectivity index (χ0v) is 9.20. The van der Waals surface area contributed by atoms with Gasteiger partial charge < -0.3 is 15.2 Å². The van der Waals surface area contributed by atoms with Crippen molar-refractivity contribution in [1.82, 2.24) is 5.32 Å². The van der Waals surface area contributed by atoms with Gasteiger partial charge in [0.2, 0.25) is 0 Å². The molecule has 0 radical (unpaired) electrons. The third kappa shape index (κ3) is 5.27. The average Bonchev–Trinajstić information content (AvgIpc) is 2.23. The number of nitrogens with one attached hydrogen (secondary N) is 1. The summed E-state index contributed by atoms with van der Waals surface area (Å²) in [5.41, 5.74) is 0. The van der Waals surface area contributed by atoms with E-state index in [4.69, 9.17) is 4.74 Å². The molecule has 0 amide bonds. The molecule has 84 valence electrons. The maximum atomic E-state index is 9.20. The minimum Gasteiger partial charge on any atom is -0.508 e. The summed E-state index contributed by atoms with van der Waals surface area (Å²) in [5.74, 6) is 0.992. The van der Waals surface area contributed by atoms with E-state index in [9.17, 15) is 5.11 Å². The van der Waals surface area contributed by atoms with Crippen LogP contribution < -0.4 is 10.1 Å². The molecule has 0 aromatic heterocycles. The minimum atomic E-state index is 0.252. The quantitative estimate of drug-likeness (QED) is 0.676. The van der Waals surface area contributed by atoms with Crippen molar-refractivity contribution in [2.24, 2.45) is 0 Å². The molecule has 0 aliphatic carbocycles. The van der Waals surface area contributed by atoms with Crippen molar-refractivity contribution >= 4 is 0 Å². The van der Waals surface area contributed by atoms with E-state index in [-0.39, 0.29) is 5.75 Å². The second-order valence-electron chi connectivity index (χ2n) is 3.51. The maximum absolute atomic E-state index is 9.20. The van der Waals surface area contributed by atoms with Gasteiger partial charge in [-0.1, -0.05) is 6.07 Å². The van der Waals surface area contributed by atoms with E-state index in [1.165, 1.54) is 12.8 Å². The molecule has 0 bridgehead atoms. The van der Waals surface area contributed by atoms with Crippen LogP contribution in [0.1, 0.15) is 19.3 Å². The summed E-state index contributed by atoms with van der Waals surface area (Å²) in [7, 11) is 1.96. The van der Waals surface area contributed by atoms with Crippen LogP contribution in [0, 0.1) is 0 Å². The predicted molar refractivity (Wildman–Crippen MR) is 61.4 cm³/mol. The van der Waals surface area contributed by atoms with Gasteiger partial charge in [-0.25, -0.2) is 0 Å². The van der Waals surface area contributed by atoms with Crippen molar-refractivity contribution in [3.63, 3.8) is 0 Å². The molecule has 0 saturated carbocycles. The van der Waals surface area contributed by atoms with E-state index in [2.05, 4.69) is 5.32 Å². The van der Waals surface area contributed by atoms with Gasteiger partial charge in [-0.05, 0) is 45.0 Å². The molecule has 1 aromatic carbocycles. The molecule has 0 spiro atoms. The lowest BCUT2D eigenvalue weighted by molar-refractivity contribution is 0.303. The van der Waals surface area contributed by atoms with Gasteiger partial charge in [0.05, 0.1) is 6.61 Å². The standard InChI is InChI=1S/C12H19NO2/c1-13-8-3-2-4-9-15-12-7-5-6-11(14)10-12/h5-7,10,13-14H,2-4,8-9H2,1H3. The Morgan fingerprint density at radius 3 is 2.87 bits per heavy atom. The summed E-state index contributed by atoms with van der Waals surface area (Å²) >= 11 is 0. The van der Waals surface area contributed by atoms with Crippen molar-refractivity contribution in [2.45, 2.75) is 19.3 Å². The molecule has 3 nitrogen and oxygen atoms in total. The number of phenols is 1. The molecule has 0 atom stereocenters. The lowest BCUT2D eigenvalue weighted by Crippen LogP contribution is -2.07. The Hall–Kier alpha value is -1.22. The summed E-state index contributed by atoms with van der Waals surface area (Å²) < 4.78 is 5.49. The van der Waals surface area contributed by atoms with Crippen molar-refractivity contribution in [3.05, 3.63) is 24.3 Å². The Morgan fingerprint density at radius 1 is 1.27 bits per heavy atom. The van der Waals surface area contributed by atoms with Crippen molar-refractivity contribution in [1.29, 1.82) is 0 Å². The lowest BCUT2D eigenvalue weighted by atomic mass is 10.2. The van der Waals surface area contributed by atoms with Crippen LogP contribution in [0.4, 0.5) is 0 Å². The third-order valence-electron chi connectivity index (χ3n) is 2.16. The summed E-state index contributed by atoms with van der Waals surface area (Å²) in [5, 5.41) is 12.3. The molecule has 15 heavy (non-hydrogen) atoms. The van der Waals surface area contributed by atoms with Gasteiger partial charge in [0.25, 0.3) is 0 Å². The molecular weight excluding hydrogens is 190 g/mol. The first kappa shape index (κ1) is 11.9. The summed E-state index contributed by atoms with van der Waals surface area (Å²) in [6.45, 7) is 1.78. The van der Waals surface area contributed by atoms with Crippen LogP contribution in [-0.2, 0) is 0 Å². The molecule has 1 rings (SSSR count). The molecule has 0 unspecified atom stereocenters. The Balaban J connectivity index is 2.10. The summed E-state index contributed by atoms with van der Waals surface area (Å²) in [6.07, 6.45) is 3.40. The highest BCUT2D eigenvalue weighted by atomic mass is 16.5. The average molecular weight is 209 g/mol. The van der Waals surface area contributed by atoms with E-state index >= 15 is 0 Å². The second kappa shape index (κ2) is 7.12. The van der Waals surface area contributed by atoms with Gasteiger partial charge >= 0.3 is 0 Å². The summed E-state index contributed by atoms with van der Waals surface area (Å²) in [6, 6.07) is 6.91. The topological polar surface area (TPSA) is 41.5 Å². The number of hydrogen-bond donors (Lipinski definition) is 2. The first-order valence-electron chi connectivity index (χ1n) is 5.39. The van der Waals surface area contributed by atoms with E-state index < -0.39 is 0 Å². The van der Waals surface area contributed by atoms with E-state index in [0.29, 0.717) is 6.61 Å². The first-order valence-corrected chi connectivity index (χ1v) is 5.39. The maximum Gasteiger partial charge on any atom is 0.122 e. The van der Waals surface area contributed by atoms with Crippen molar-refractivity contribution in [2.75, 3.05) is 20.2 Å². The van der Waals surface area contributed by atoms with Crippen molar-refractivity contribution in [3.8, 4) is 11.5 Å². The number of hydrogen-bond acceptors (Lipinski definition) is 3. The number of aromatic hydroxyl groups is 1. The third-order valence-corrected chi connectivity index (χ3v) is 2.16. The monoisotopic (exact) mass is 209 g/mol. The molecular formula is C12H19NO2. The zero-order valence-electron chi connectivity index (χ0n) is 9.20. The first-order chi connectivity index (χ1) is 7.33. The Morgan fingerprint density at radius 2 is 2.13 bits per heavy atom. The fourth-order valence-corrected chi connectivity index (χ4v) is 1.34. The number of benzene rings is 1. The molecule has 0 fully saturated rings. The number of rotatable bonds is 7. The van der Waals surface area contributed by atoms with Gasteiger partial charge in [-0.3, -0.25) is 0 Å². The minimum absolute atomic E-state index is 0.252. The molecule has 0 aliphatic heterocycles. The normalized spacial score (nSPS) is 10.2. The lowest BCUT2D eigenvalue weighted by Gasteiger charge is -2.06. The smallest absolute Gasteiger partial charge is 0.122 e. The Kier molecular flexibility index (Phi) is 5.63. The van der Waals surface area contributed by atoms with Crippen LogP contribution >= 0.6 is 0 Å².